The van der Waals surface area contributed by atoms with E-state index >= 15 is 0 Å². The van der Waals surface area contributed by atoms with Gasteiger partial charge in [-0.25, -0.2) is 4.79 Å². The Morgan fingerprint density at radius 1 is 0.938 bits per heavy atom. The number of hydrogen-bond donors (Lipinski definition) is 1. The summed E-state index contributed by atoms with van der Waals surface area (Å²) in [5.74, 6) is 1.28. The minimum absolute atomic E-state index is 0.284. The molecule has 3 aromatic rings. The van der Waals surface area contributed by atoms with E-state index in [1.54, 1.807) is 68.6 Å². The number of ether oxygens (including phenoxy) is 4. The number of fused-ring (bicyclic) bond motifs is 1. The quantitative estimate of drug-likeness (QED) is 0.572. The molecule has 0 bridgehead atoms. The minimum atomic E-state index is -1.33. The Balaban J connectivity index is 1.54. The van der Waals surface area contributed by atoms with Gasteiger partial charge in [0.2, 0.25) is 0 Å². The lowest BCUT2D eigenvalue weighted by atomic mass is 9.89. The fourth-order valence-corrected chi connectivity index (χ4v) is 3.53. The second-order valence-electron chi connectivity index (χ2n) is 7.55. The van der Waals surface area contributed by atoms with Crippen LogP contribution in [-0.2, 0) is 16.0 Å². The van der Waals surface area contributed by atoms with Crippen LogP contribution < -0.4 is 19.5 Å². The van der Waals surface area contributed by atoms with Crippen LogP contribution in [0.4, 0.5) is 5.69 Å². The standard InChI is InChI=1S/C25H23NO6/c1-25(15-16-6-4-5-7-20(16)23(27)32-25)24(28)26-17-8-13-21(30-3)22(14-17)31-19-11-9-18(29-2)10-12-19/h4-14H,15H2,1-3H3,(H,26,28). The Hall–Kier alpha value is -4.00. The summed E-state index contributed by atoms with van der Waals surface area (Å²) in [4.78, 5) is 25.5. The molecule has 1 N–H and O–H groups in total. The lowest BCUT2D eigenvalue weighted by Gasteiger charge is -2.33. The number of amides is 1. The summed E-state index contributed by atoms with van der Waals surface area (Å²) in [5, 5.41) is 2.83. The predicted molar refractivity (Wildman–Crippen MR) is 119 cm³/mol. The molecule has 0 radical (unpaired) electrons. The van der Waals surface area contributed by atoms with E-state index in [0.717, 1.165) is 5.56 Å². The Kier molecular flexibility index (Phi) is 5.73. The lowest BCUT2D eigenvalue weighted by Crippen LogP contribution is -2.48. The van der Waals surface area contributed by atoms with E-state index in [1.165, 1.54) is 7.11 Å². The zero-order valence-corrected chi connectivity index (χ0v) is 18.0. The average Bonchev–Trinajstić information content (AvgIpc) is 2.80. The van der Waals surface area contributed by atoms with Gasteiger partial charge in [0.25, 0.3) is 5.91 Å². The molecule has 0 aromatic heterocycles. The zero-order valence-electron chi connectivity index (χ0n) is 18.0. The second kappa shape index (κ2) is 8.63. The first kappa shape index (κ1) is 21.2. The number of esters is 1. The maximum atomic E-state index is 13.1. The van der Waals surface area contributed by atoms with E-state index in [2.05, 4.69) is 5.32 Å². The normalized spacial score (nSPS) is 17.0. The molecular weight excluding hydrogens is 410 g/mol. The molecule has 1 aliphatic heterocycles. The van der Waals surface area contributed by atoms with Crippen molar-refractivity contribution in [3.05, 3.63) is 77.9 Å². The molecule has 1 aliphatic rings. The fraction of sp³-hybridized carbons (Fsp3) is 0.200. The van der Waals surface area contributed by atoms with Gasteiger partial charge in [-0.2, -0.15) is 0 Å². The summed E-state index contributed by atoms with van der Waals surface area (Å²) in [6.07, 6.45) is 0.284. The number of nitrogens with one attached hydrogen (secondary N) is 1. The van der Waals surface area contributed by atoms with E-state index in [-0.39, 0.29) is 6.42 Å². The largest absolute Gasteiger partial charge is 0.497 e. The van der Waals surface area contributed by atoms with Crippen LogP contribution in [0.3, 0.4) is 0 Å². The Morgan fingerprint density at radius 3 is 2.38 bits per heavy atom. The van der Waals surface area contributed by atoms with Crippen molar-refractivity contribution in [3.63, 3.8) is 0 Å². The molecule has 32 heavy (non-hydrogen) atoms. The maximum absolute atomic E-state index is 13.1. The van der Waals surface area contributed by atoms with Gasteiger partial charge in [0.05, 0.1) is 19.8 Å². The monoisotopic (exact) mass is 433 g/mol. The molecule has 0 aliphatic carbocycles. The summed E-state index contributed by atoms with van der Waals surface area (Å²) in [7, 11) is 3.13. The molecule has 0 spiro atoms. The highest BCUT2D eigenvalue weighted by atomic mass is 16.6. The average molecular weight is 433 g/mol. The van der Waals surface area contributed by atoms with Crippen LogP contribution in [0.5, 0.6) is 23.0 Å². The van der Waals surface area contributed by atoms with Crippen LogP contribution in [0, 0.1) is 0 Å². The first-order chi connectivity index (χ1) is 15.4. The van der Waals surface area contributed by atoms with Gasteiger partial charge < -0.3 is 24.3 Å². The summed E-state index contributed by atoms with van der Waals surface area (Å²) < 4.78 is 22.0. The number of rotatable bonds is 6. The Morgan fingerprint density at radius 2 is 1.66 bits per heavy atom. The number of hydrogen-bond acceptors (Lipinski definition) is 6. The van der Waals surface area contributed by atoms with E-state index in [0.29, 0.717) is 34.2 Å². The van der Waals surface area contributed by atoms with Crippen molar-refractivity contribution in [3.8, 4) is 23.0 Å². The predicted octanol–water partition coefficient (Wildman–Crippen LogP) is 4.61. The van der Waals surface area contributed by atoms with Gasteiger partial charge in [-0.05, 0) is 55.0 Å². The first-order valence-electron chi connectivity index (χ1n) is 10.0. The molecule has 7 heteroatoms. The molecule has 1 unspecified atom stereocenters. The van der Waals surface area contributed by atoms with E-state index in [9.17, 15) is 9.59 Å². The van der Waals surface area contributed by atoms with E-state index in [4.69, 9.17) is 18.9 Å². The summed E-state index contributed by atoms with van der Waals surface area (Å²) in [6, 6.07) is 19.3. The molecule has 1 atom stereocenters. The van der Waals surface area contributed by atoms with Gasteiger partial charge >= 0.3 is 5.97 Å². The third-order valence-corrected chi connectivity index (χ3v) is 5.27. The summed E-state index contributed by atoms with van der Waals surface area (Å²) in [5.41, 5.74) is 0.412. The van der Waals surface area contributed by atoms with Gasteiger partial charge in [0.15, 0.2) is 17.1 Å². The van der Waals surface area contributed by atoms with Crippen molar-refractivity contribution in [2.75, 3.05) is 19.5 Å². The Bertz CT molecular complexity index is 1160. The molecule has 164 valence electrons. The van der Waals surface area contributed by atoms with Crippen LogP contribution in [0.1, 0.15) is 22.8 Å². The second-order valence-corrected chi connectivity index (χ2v) is 7.55. The number of cyclic esters (lactones) is 1. The first-order valence-corrected chi connectivity index (χ1v) is 10.0. The van der Waals surface area contributed by atoms with Crippen molar-refractivity contribution in [1.82, 2.24) is 0 Å². The molecule has 1 amide bonds. The smallest absolute Gasteiger partial charge is 0.339 e. The van der Waals surface area contributed by atoms with Crippen LogP contribution in [0.2, 0.25) is 0 Å². The molecule has 7 nitrogen and oxygen atoms in total. The molecule has 1 heterocycles. The zero-order chi connectivity index (χ0) is 22.7. The molecule has 0 saturated heterocycles. The van der Waals surface area contributed by atoms with Gasteiger partial charge in [-0.15, -0.1) is 0 Å². The van der Waals surface area contributed by atoms with Crippen molar-refractivity contribution in [2.45, 2.75) is 18.9 Å². The number of carbonyl (C=O) groups is 2. The molecular formula is C25H23NO6. The van der Waals surface area contributed by atoms with Gasteiger partial charge in [0.1, 0.15) is 11.5 Å². The highest BCUT2D eigenvalue weighted by Crippen LogP contribution is 2.35. The SMILES string of the molecule is COc1ccc(Oc2cc(NC(=O)C3(C)Cc4ccccc4C(=O)O3)ccc2OC)cc1. The van der Waals surface area contributed by atoms with Crippen molar-refractivity contribution in [1.29, 1.82) is 0 Å². The molecule has 0 saturated carbocycles. The summed E-state index contributed by atoms with van der Waals surface area (Å²) >= 11 is 0. The van der Waals surface area contributed by atoms with Crippen LogP contribution >= 0.6 is 0 Å². The number of carbonyl (C=O) groups excluding carboxylic acids is 2. The molecule has 0 fully saturated rings. The Labute approximate surface area is 185 Å². The van der Waals surface area contributed by atoms with Crippen molar-refractivity contribution >= 4 is 17.6 Å². The van der Waals surface area contributed by atoms with Crippen LogP contribution in [-0.4, -0.2) is 31.7 Å². The van der Waals surface area contributed by atoms with Gasteiger partial charge in [-0.1, -0.05) is 18.2 Å². The topological polar surface area (TPSA) is 83.1 Å². The lowest BCUT2D eigenvalue weighted by molar-refractivity contribution is -0.134. The molecule has 4 rings (SSSR count). The van der Waals surface area contributed by atoms with Gasteiger partial charge in [0, 0.05) is 18.2 Å². The number of benzene rings is 3. The number of methoxy groups -OCH3 is 2. The minimum Gasteiger partial charge on any atom is -0.497 e. The van der Waals surface area contributed by atoms with Crippen molar-refractivity contribution < 1.29 is 28.5 Å². The number of anilines is 1. The third-order valence-electron chi connectivity index (χ3n) is 5.27. The third kappa shape index (κ3) is 4.23. The molecule has 3 aromatic carbocycles. The fourth-order valence-electron chi connectivity index (χ4n) is 3.53. The van der Waals surface area contributed by atoms with E-state index in [1.807, 2.05) is 12.1 Å². The van der Waals surface area contributed by atoms with Crippen LogP contribution in [0.25, 0.3) is 0 Å². The van der Waals surface area contributed by atoms with Crippen molar-refractivity contribution in [2.24, 2.45) is 0 Å². The van der Waals surface area contributed by atoms with E-state index < -0.39 is 17.5 Å². The highest BCUT2D eigenvalue weighted by Gasteiger charge is 2.42. The summed E-state index contributed by atoms with van der Waals surface area (Å²) in [6.45, 7) is 1.61. The van der Waals surface area contributed by atoms with Gasteiger partial charge in [-0.3, -0.25) is 4.79 Å². The van der Waals surface area contributed by atoms with Crippen LogP contribution in [0.15, 0.2) is 66.7 Å². The highest BCUT2D eigenvalue weighted by molar-refractivity contribution is 6.02. The maximum Gasteiger partial charge on any atom is 0.339 e.